The molecule has 1 saturated carbocycles. The lowest BCUT2D eigenvalue weighted by Gasteiger charge is -2.42. The third-order valence-corrected chi connectivity index (χ3v) is 4.69. The second-order valence-electron chi connectivity index (χ2n) is 6.25. The number of methoxy groups -OCH3 is 2. The molecule has 1 N–H and O–H groups in total. The Morgan fingerprint density at radius 1 is 1.29 bits per heavy atom. The van der Waals surface area contributed by atoms with Gasteiger partial charge in [0.2, 0.25) is 0 Å². The molecular formula is C17H28N2O2. The molecule has 21 heavy (non-hydrogen) atoms. The third kappa shape index (κ3) is 3.74. The molecule has 0 amide bonds. The van der Waals surface area contributed by atoms with Gasteiger partial charge < -0.3 is 14.8 Å². The van der Waals surface area contributed by atoms with Gasteiger partial charge in [0.25, 0.3) is 0 Å². The Morgan fingerprint density at radius 3 is 2.62 bits per heavy atom. The van der Waals surface area contributed by atoms with E-state index < -0.39 is 0 Å². The van der Waals surface area contributed by atoms with Crippen LogP contribution in [0.1, 0.15) is 36.1 Å². The first-order valence-electron chi connectivity index (χ1n) is 7.80. The van der Waals surface area contributed by atoms with Gasteiger partial charge in [0.05, 0.1) is 13.7 Å². The molecule has 118 valence electrons. The second-order valence-corrected chi connectivity index (χ2v) is 6.25. The lowest BCUT2D eigenvalue weighted by Crippen LogP contribution is -2.42. The van der Waals surface area contributed by atoms with Gasteiger partial charge >= 0.3 is 0 Å². The number of ether oxygens (including phenoxy) is 2. The standard InChI is InChI=1S/C17H28N2O2/c1-13-11-19-15(14(2)16(13)21-4)10-17(6-5-7-17)12-18-8-9-20-3/h11,18H,5-10,12H2,1-4H3. The summed E-state index contributed by atoms with van der Waals surface area (Å²) in [5.74, 6) is 0.988. The number of aryl methyl sites for hydroxylation is 1. The Labute approximate surface area is 128 Å². The molecular weight excluding hydrogens is 264 g/mol. The van der Waals surface area contributed by atoms with Gasteiger partial charge in [-0.15, -0.1) is 0 Å². The molecule has 0 aromatic carbocycles. The van der Waals surface area contributed by atoms with Gasteiger partial charge in [-0.05, 0) is 38.5 Å². The molecule has 1 aliphatic carbocycles. The average molecular weight is 292 g/mol. The maximum absolute atomic E-state index is 5.52. The normalized spacial score (nSPS) is 16.6. The molecule has 1 aromatic heterocycles. The minimum absolute atomic E-state index is 0.367. The molecule has 2 rings (SSSR count). The Bertz CT molecular complexity index is 470. The first-order valence-corrected chi connectivity index (χ1v) is 7.80. The summed E-state index contributed by atoms with van der Waals surface area (Å²) < 4.78 is 10.6. The average Bonchev–Trinajstić information content (AvgIpc) is 2.43. The second kappa shape index (κ2) is 7.23. The molecule has 0 bridgehead atoms. The Hall–Kier alpha value is -1.13. The summed E-state index contributed by atoms with van der Waals surface area (Å²) in [6.45, 7) is 6.91. The fourth-order valence-corrected chi connectivity index (χ4v) is 3.23. The van der Waals surface area contributed by atoms with Crippen molar-refractivity contribution in [1.82, 2.24) is 10.3 Å². The largest absolute Gasteiger partial charge is 0.496 e. The van der Waals surface area contributed by atoms with Gasteiger partial charge in [0.15, 0.2) is 0 Å². The minimum atomic E-state index is 0.367. The van der Waals surface area contributed by atoms with Crippen LogP contribution in [0.4, 0.5) is 0 Å². The molecule has 0 aliphatic heterocycles. The highest BCUT2D eigenvalue weighted by Gasteiger charge is 2.37. The monoisotopic (exact) mass is 292 g/mol. The van der Waals surface area contributed by atoms with Crippen LogP contribution in [0.2, 0.25) is 0 Å². The van der Waals surface area contributed by atoms with Gasteiger partial charge in [0.1, 0.15) is 5.75 Å². The van der Waals surface area contributed by atoms with Crippen LogP contribution in [0.25, 0.3) is 0 Å². The number of nitrogens with zero attached hydrogens (tertiary/aromatic N) is 1. The van der Waals surface area contributed by atoms with Crippen LogP contribution in [0.5, 0.6) is 5.75 Å². The smallest absolute Gasteiger partial charge is 0.128 e. The van der Waals surface area contributed by atoms with E-state index in [1.807, 2.05) is 13.1 Å². The van der Waals surface area contributed by atoms with E-state index in [2.05, 4.69) is 17.2 Å². The molecule has 1 aromatic rings. The zero-order valence-corrected chi connectivity index (χ0v) is 13.8. The van der Waals surface area contributed by atoms with Crippen molar-refractivity contribution in [3.05, 3.63) is 23.0 Å². The van der Waals surface area contributed by atoms with Crippen LogP contribution in [0.15, 0.2) is 6.20 Å². The van der Waals surface area contributed by atoms with Crippen molar-refractivity contribution in [1.29, 1.82) is 0 Å². The van der Waals surface area contributed by atoms with E-state index >= 15 is 0 Å². The van der Waals surface area contributed by atoms with Crippen molar-refractivity contribution in [2.45, 2.75) is 39.5 Å². The van der Waals surface area contributed by atoms with E-state index in [9.17, 15) is 0 Å². The van der Waals surface area contributed by atoms with Crippen LogP contribution < -0.4 is 10.1 Å². The summed E-state index contributed by atoms with van der Waals surface area (Å²) in [7, 11) is 3.48. The predicted molar refractivity (Wildman–Crippen MR) is 85.0 cm³/mol. The molecule has 0 spiro atoms. The topological polar surface area (TPSA) is 43.4 Å². The molecule has 1 aliphatic rings. The molecule has 4 nitrogen and oxygen atoms in total. The predicted octanol–water partition coefficient (Wildman–Crippen LogP) is 2.66. The number of rotatable bonds is 8. The lowest BCUT2D eigenvalue weighted by molar-refractivity contribution is 0.121. The summed E-state index contributed by atoms with van der Waals surface area (Å²) in [5.41, 5.74) is 3.86. The molecule has 0 radical (unpaired) electrons. The highest BCUT2D eigenvalue weighted by Crippen LogP contribution is 2.44. The zero-order chi connectivity index (χ0) is 15.3. The van der Waals surface area contributed by atoms with Gasteiger partial charge in [-0.3, -0.25) is 4.98 Å². The maximum Gasteiger partial charge on any atom is 0.128 e. The number of hydrogen-bond donors (Lipinski definition) is 1. The zero-order valence-electron chi connectivity index (χ0n) is 13.8. The first-order chi connectivity index (χ1) is 10.1. The first kappa shape index (κ1) is 16.2. The van der Waals surface area contributed by atoms with Crippen molar-refractivity contribution in [3.63, 3.8) is 0 Å². The summed E-state index contributed by atoms with van der Waals surface area (Å²) in [6.07, 6.45) is 6.87. The molecule has 4 heteroatoms. The van der Waals surface area contributed by atoms with Gasteiger partial charge in [-0.2, -0.15) is 0 Å². The van der Waals surface area contributed by atoms with Gasteiger partial charge in [-0.1, -0.05) is 6.42 Å². The van der Waals surface area contributed by atoms with Crippen molar-refractivity contribution >= 4 is 0 Å². The van der Waals surface area contributed by atoms with E-state index in [0.717, 1.165) is 37.4 Å². The van der Waals surface area contributed by atoms with Crippen LogP contribution in [0, 0.1) is 19.3 Å². The third-order valence-electron chi connectivity index (χ3n) is 4.69. The van der Waals surface area contributed by atoms with Crippen LogP contribution in [-0.2, 0) is 11.2 Å². The number of aromatic nitrogens is 1. The lowest BCUT2D eigenvalue weighted by atomic mass is 9.65. The summed E-state index contributed by atoms with van der Waals surface area (Å²) >= 11 is 0. The van der Waals surface area contributed by atoms with E-state index in [1.165, 1.54) is 30.5 Å². The number of pyridine rings is 1. The molecule has 1 heterocycles. The minimum Gasteiger partial charge on any atom is -0.496 e. The SMILES string of the molecule is COCCNCC1(Cc2ncc(C)c(OC)c2C)CCC1. The van der Waals surface area contributed by atoms with Gasteiger partial charge in [0, 0.05) is 43.2 Å². The Balaban J connectivity index is 2.05. The fourth-order valence-electron chi connectivity index (χ4n) is 3.23. The molecule has 0 saturated heterocycles. The van der Waals surface area contributed by atoms with Crippen LogP contribution in [0.3, 0.4) is 0 Å². The number of hydrogen-bond acceptors (Lipinski definition) is 4. The van der Waals surface area contributed by atoms with Crippen LogP contribution in [-0.4, -0.2) is 38.9 Å². The fraction of sp³-hybridized carbons (Fsp3) is 0.706. The maximum atomic E-state index is 5.52. The molecule has 0 atom stereocenters. The van der Waals surface area contributed by atoms with E-state index in [4.69, 9.17) is 9.47 Å². The Kier molecular flexibility index (Phi) is 5.59. The van der Waals surface area contributed by atoms with E-state index in [-0.39, 0.29) is 0 Å². The molecule has 0 unspecified atom stereocenters. The summed E-state index contributed by atoms with van der Waals surface area (Å²) in [6, 6.07) is 0. The van der Waals surface area contributed by atoms with Crippen molar-refractivity contribution in [2.75, 3.05) is 33.9 Å². The van der Waals surface area contributed by atoms with E-state index in [0.29, 0.717) is 5.41 Å². The summed E-state index contributed by atoms with van der Waals surface area (Å²) in [5, 5.41) is 3.52. The van der Waals surface area contributed by atoms with Crippen molar-refractivity contribution in [2.24, 2.45) is 5.41 Å². The highest BCUT2D eigenvalue weighted by molar-refractivity contribution is 5.41. The highest BCUT2D eigenvalue weighted by atomic mass is 16.5. The number of nitrogens with one attached hydrogen (secondary N) is 1. The van der Waals surface area contributed by atoms with Gasteiger partial charge in [-0.25, -0.2) is 0 Å². The molecule has 1 fully saturated rings. The van der Waals surface area contributed by atoms with Crippen molar-refractivity contribution < 1.29 is 9.47 Å². The van der Waals surface area contributed by atoms with Crippen LogP contribution >= 0.6 is 0 Å². The van der Waals surface area contributed by atoms with Crippen molar-refractivity contribution in [3.8, 4) is 5.75 Å². The van der Waals surface area contributed by atoms with E-state index in [1.54, 1.807) is 14.2 Å². The Morgan fingerprint density at radius 2 is 2.05 bits per heavy atom. The quantitative estimate of drug-likeness (QED) is 0.748. The summed E-state index contributed by atoms with van der Waals surface area (Å²) in [4.78, 5) is 4.67.